The van der Waals surface area contributed by atoms with E-state index in [1.54, 1.807) is 16.5 Å². The minimum atomic E-state index is -4.37. The van der Waals surface area contributed by atoms with Crippen molar-refractivity contribution in [2.75, 3.05) is 0 Å². The van der Waals surface area contributed by atoms with Crippen molar-refractivity contribution in [3.05, 3.63) is 65.1 Å². The average Bonchev–Trinajstić information content (AvgIpc) is 2.83. The van der Waals surface area contributed by atoms with Crippen molar-refractivity contribution < 1.29 is 13.2 Å². The van der Waals surface area contributed by atoms with Crippen LogP contribution in [0.15, 0.2) is 42.5 Å². The molecule has 1 aromatic carbocycles. The second-order valence-corrected chi connectivity index (χ2v) is 4.81. The van der Waals surface area contributed by atoms with Crippen LogP contribution >= 0.6 is 0 Å². The number of rotatable bonds is 2. The van der Waals surface area contributed by atoms with E-state index in [9.17, 15) is 13.2 Å². The van der Waals surface area contributed by atoms with E-state index in [1.807, 2.05) is 19.1 Å². The number of benzene rings is 1. The van der Waals surface area contributed by atoms with E-state index in [-0.39, 0.29) is 12.0 Å². The molecular weight excluding hydrogens is 279 g/mol. The third-order valence-electron chi connectivity index (χ3n) is 3.36. The van der Waals surface area contributed by atoms with Gasteiger partial charge in [0.15, 0.2) is 5.65 Å². The fraction of sp³-hybridized carbons (Fsp3) is 0.200. The summed E-state index contributed by atoms with van der Waals surface area (Å²) < 4.78 is 40.9. The number of pyridine rings is 1. The lowest BCUT2D eigenvalue weighted by atomic mass is 10.0. The Bertz CT molecular complexity index is 790. The molecule has 0 atom stereocenters. The highest BCUT2D eigenvalue weighted by atomic mass is 19.4. The molecule has 0 amide bonds. The van der Waals surface area contributed by atoms with E-state index in [0.717, 1.165) is 11.8 Å². The fourth-order valence-electron chi connectivity index (χ4n) is 2.41. The van der Waals surface area contributed by atoms with Gasteiger partial charge >= 0.3 is 6.18 Å². The summed E-state index contributed by atoms with van der Waals surface area (Å²) >= 11 is 0. The molecule has 3 aromatic rings. The summed E-state index contributed by atoms with van der Waals surface area (Å²) in [4.78, 5) is 0. The normalized spacial score (nSPS) is 12.0. The number of hydrogen-bond donors (Lipinski definition) is 0. The molecule has 6 heteroatoms. The first-order chi connectivity index (χ1) is 9.97. The van der Waals surface area contributed by atoms with E-state index in [2.05, 4.69) is 10.2 Å². The summed E-state index contributed by atoms with van der Waals surface area (Å²) in [5, 5.41) is 8.02. The Labute approximate surface area is 119 Å². The van der Waals surface area contributed by atoms with Crippen molar-refractivity contribution in [2.45, 2.75) is 19.5 Å². The molecule has 108 valence electrons. The molecule has 3 nitrogen and oxygen atoms in total. The zero-order valence-electron chi connectivity index (χ0n) is 11.2. The Morgan fingerprint density at radius 2 is 1.76 bits per heavy atom. The number of fused-ring (bicyclic) bond motifs is 1. The van der Waals surface area contributed by atoms with Crippen LogP contribution in [0, 0.1) is 6.92 Å². The third kappa shape index (κ3) is 2.49. The van der Waals surface area contributed by atoms with Gasteiger partial charge in [-0.25, -0.2) is 0 Å². The Morgan fingerprint density at radius 3 is 2.52 bits per heavy atom. The second kappa shape index (κ2) is 4.87. The largest absolute Gasteiger partial charge is 0.416 e. The van der Waals surface area contributed by atoms with Crippen LogP contribution in [0.4, 0.5) is 13.2 Å². The lowest BCUT2D eigenvalue weighted by Gasteiger charge is -2.12. The first-order valence-electron chi connectivity index (χ1n) is 6.41. The molecule has 0 saturated carbocycles. The molecule has 2 aromatic heterocycles. The minimum absolute atomic E-state index is 0.0850. The van der Waals surface area contributed by atoms with Crippen LogP contribution in [0.2, 0.25) is 0 Å². The van der Waals surface area contributed by atoms with Crippen molar-refractivity contribution in [1.29, 1.82) is 0 Å². The van der Waals surface area contributed by atoms with Crippen LogP contribution in [0.25, 0.3) is 5.65 Å². The van der Waals surface area contributed by atoms with Gasteiger partial charge < -0.3 is 0 Å². The molecule has 0 N–H and O–H groups in total. The van der Waals surface area contributed by atoms with Gasteiger partial charge in [-0.3, -0.25) is 4.40 Å². The number of alkyl halides is 3. The number of hydrogen-bond acceptors (Lipinski definition) is 2. The average molecular weight is 291 g/mol. The predicted molar refractivity (Wildman–Crippen MR) is 72.0 cm³/mol. The zero-order chi connectivity index (χ0) is 15.0. The van der Waals surface area contributed by atoms with E-state index >= 15 is 0 Å². The van der Waals surface area contributed by atoms with Crippen molar-refractivity contribution in [2.24, 2.45) is 0 Å². The summed E-state index contributed by atoms with van der Waals surface area (Å²) in [5.74, 6) is 0.500. The zero-order valence-corrected chi connectivity index (χ0v) is 11.2. The van der Waals surface area contributed by atoms with Gasteiger partial charge in [-0.05, 0) is 30.7 Å². The molecule has 0 fully saturated rings. The molecule has 2 heterocycles. The first kappa shape index (κ1) is 13.6. The summed E-state index contributed by atoms with van der Waals surface area (Å²) in [5.41, 5.74) is 1.09. The lowest BCUT2D eigenvalue weighted by molar-refractivity contribution is -0.138. The van der Waals surface area contributed by atoms with E-state index in [4.69, 9.17) is 0 Å². The highest BCUT2D eigenvalue weighted by Crippen LogP contribution is 2.32. The molecule has 0 aliphatic heterocycles. The maximum absolute atomic E-state index is 13.0. The highest BCUT2D eigenvalue weighted by Gasteiger charge is 2.33. The summed E-state index contributed by atoms with van der Waals surface area (Å²) in [7, 11) is 0. The minimum Gasteiger partial charge on any atom is -0.283 e. The van der Waals surface area contributed by atoms with Crippen LogP contribution in [-0.2, 0) is 12.6 Å². The Hall–Kier alpha value is -2.37. The van der Waals surface area contributed by atoms with Crippen LogP contribution in [0.1, 0.15) is 22.6 Å². The Kier molecular flexibility index (Phi) is 3.16. The van der Waals surface area contributed by atoms with Gasteiger partial charge in [-0.2, -0.15) is 13.2 Å². The van der Waals surface area contributed by atoms with Gasteiger partial charge in [0.1, 0.15) is 5.82 Å². The van der Waals surface area contributed by atoms with Crippen LogP contribution in [0.3, 0.4) is 0 Å². The van der Waals surface area contributed by atoms with Crippen molar-refractivity contribution >= 4 is 5.65 Å². The number of nitrogens with zero attached hydrogens (tertiary/aromatic N) is 3. The highest BCUT2D eigenvalue weighted by molar-refractivity contribution is 5.41. The lowest BCUT2D eigenvalue weighted by Crippen LogP contribution is -2.10. The molecule has 0 aliphatic carbocycles. The van der Waals surface area contributed by atoms with Crippen LogP contribution in [-0.4, -0.2) is 14.6 Å². The summed E-state index contributed by atoms with van der Waals surface area (Å²) in [6.45, 7) is 1.87. The first-order valence-corrected chi connectivity index (χ1v) is 6.41. The smallest absolute Gasteiger partial charge is 0.283 e. The van der Waals surface area contributed by atoms with Gasteiger partial charge in [0, 0.05) is 12.1 Å². The van der Waals surface area contributed by atoms with Crippen molar-refractivity contribution in [1.82, 2.24) is 14.6 Å². The van der Waals surface area contributed by atoms with Gasteiger partial charge in [-0.1, -0.05) is 24.3 Å². The second-order valence-electron chi connectivity index (χ2n) is 4.81. The molecule has 0 saturated heterocycles. The standard InChI is InChI=1S/C15H12F3N3/c1-10-5-4-8-13-19-20-14(21(10)13)9-11-6-2-3-7-12(11)15(16,17)18/h2-8H,9H2,1H3. The van der Waals surface area contributed by atoms with Gasteiger partial charge in [0.25, 0.3) is 0 Å². The maximum atomic E-state index is 13.0. The Morgan fingerprint density at radius 1 is 1.00 bits per heavy atom. The van der Waals surface area contributed by atoms with E-state index in [0.29, 0.717) is 11.5 Å². The topological polar surface area (TPSA) is 30.2 Å². The Balaban J connectivity index is 2.08. The number of halogens is 3. The fourth-order valence-corrected chi connectivity index (χ4v) is 2.41. The van der Waals surface area contributed by atoms with Gasteiger partial charge in [0.2, 0.25) is 0 Å². The van der Waals surface area contributed by atoms with E-state index in [1.165, 1.54) is 12.1 Å². The molecule has 0 radical (unpaired) electrons. The quantitative estimate of drug-likeness (QED) is 0.721. The maximum Gasteiger partial charge on any atom is 0.416 e. The summed E-state index contributed by atoms with van der Waals surface area (Å²) in [6.07, 6.45) is -4.28. The van der Waals surface area contributed by atoms with Crippen LogP contribution < -0.4 is 0 Å². The molecular formula is C15H12F3N3. The molecule has 0 spiro atoms. The monoisotopic (exact) mass is 291 g/mol. The third-order valence-corrected chi connectivity index (χ3v) is 3.36. The van der Waals surface area contributed by atoms with Crippen molar-refractivity contribution in [3.8, 4) is 0 Å². The molecule has 0 bridgehead atoms. The number of aryl methyl sites for hydroxylation is 1. The van der Waals surface area contributed by atoms with Crippen molar-refractivity contribution in [3.63, 3.8) is 0 Å². The molecule has 3 rings (SSSR count). The molecule has 0 unspecified atom stereocenters. The molecule has 21 heavy (non-hydrogen) atoms. The summed E-state index contributed by atoms with van der Waals surface area (Å²) in [6, 6.07) is 11.0. The van der Waals surface area contributed by atoms with Gasteiger partial charge in [0.05, 0.1) is 5.56 Å². The SMILES string of the molecule is Cc1cccc2nnc(Cc3ccccc3C(F)(F)F)n12. The van der Waals surface area contributed by atoms with Crippen LogP contribution in [0.5, 0.6) is 0 Å². The van der Waals surface area contributed by atoms with E-state index < -0.39 is 11.7 Å². The molecule has 0 aliphatic rings. The predicted octanol–water partition coefficient (Wildman–Crippen LogP) is 3.65. The van der Waals surface area contributed by atoms with Gasteiger partial charge in [-0.15, -0.1) is 10.2 Å². The number of aromatic nitrogens is 3.